The third-order valence-electron chi connectivity index (χ3n) is 2.77. The molecule has 0 aromatic heterocycles. The molecule has 0 aromatic carbocycles. The zero-order valence-electron chi connectivity index (χ0n) is 9.96. The van der Waals surface area contributed by atoms with Crippen molar-refractivity contribution in [1.29, 1.82) is 0 Å². The fourth-order valence-electron chi connectivity index (χ4n) is 1.43. The van der Waals surface area contributed by atoms with Crippen LogP contribution in [0.4, 0.5) is 0 Å². The van der Waals surface area contributed by atoms with Crippen molar-refractivity contribution in [2.75, 3.05) is 19.6 Å². The van der Waals surface area contributed by atoms with Gasteiger partial charge in [-0.25, -0.2) is 0 Å². The number of nitrogens with zero attached hydrogens (tertiary/aromatic N) is 1. The summed E-state index contributed by atoms with van der Waals surface area (Å²) in [5.74, 6) is 0. The highest BCUT2D eigenvalue weighted by atomic mass is 79.9. The van der Waals surface area contributed by atoms with Crippen molar-refractivity contribution in [3.8, 4) is 0 Å². The lowest BCUT2D eigenvalue weighted by atomic mass is 10.3. The molecular weight excluding hydrogens is 238 g/mol. The van der Waals surface area contributed by atoms with Crippen molar-refractivity contribution in [3.05, 3.63) is 24.4 Å². The summed E-state index contributed by atoms with van der Waals surface area (Å²) in [5.41, 5.74) is 0. The second-order valence-corrected chi connectivity index (χ2v) is 3.35. The molecule has 1 nitrogen and oxygen atoms in total. The van der Waals surface area contributed by atoms with E-state index < -0.39 is 0 Å². The van der Waals surface area contributed by atoms with Gasteiger partial charge >= 0.3 is 0 Å². The van der Waals surface area contributed by atoms with E-state index >= 15 is 0 Å². The zero-order chi connectivity index (χ0) is 10.2. The van der Waals surface area contributed by atoms with Gasteiger partial charge < -0.3 is 17.0 Å². The molecule has 0 atom stereocenters. The van der Waals surface area contributed by atoms with Gasteiger partial charge in [-0.05, 0) is 33.3 Å². The molecule has 0 radical (unpaired) electrons. The van der Waals surface area contributed by atoms with Gasteiger partial charge in [-0.2, -0.15) is 0 Å². The summed E-state index contributed by atoms with van der Waals surface area (Å²) in [4.78, 5) is 0. The van der Waals surface area contributed by atoms with E-state index in [0.717, 1.165) is 10.9 Å². The first kappa shape index (κ1) is 16.4. The van der Waals surface area contributed by atoms with Crippen molar-refractivity contribution in [2.45, 2.75) is 34.1 Å². The first-order valence-corrected chi connectivity index (χ1v) is 5.44. The highest BCUT2D eigenvalue weighted by Gasteiger charge is 2.15. The fraction of sp³-hybridized carbons (Fsp3) is 0.667. The van der Waals surface area contributed by atoms with Crippen LogP contribution in [0.1, 0.15) is 34.1 Å². The number of allylic oxidation sites excluding steroid dienone is 3. The van der Waals surface area contributed by atoms with Gasteiger partial charge in [-0.1, -0.05) is 19.1 Å². The molecular formula is C12H24BrN. The van der Waals surface area contributed by atoms with Gasteiger partial charge in [0.05, 0.1) is 25.8 Å². The molecule has 14 heavy (non-hydrogen) atoms. The summed E-state index contributed by atoms with van der Waals surface area (Å²) < 4.78 is 1.09. The van der Waals surface area contributed by atoms with E-state index in [9.17, 15) is 0 Å². The summed E-state index contributed by atoms with van der Waals surface area (Å²) in [6, 6.07) is 0. The Balaban J connectivity index is 0. The van der Waals surface area contributed by atoms with E-state index in [1.165, 1.54) is 19.6 Å². The largest absolute Gasteiger partial charge is 1.00 e. The van der Waals surface area contributed by atoms with Crippen LogP contribution in [0.5, 0.6) is 0 Å². The highest BCUT2D eigenvalue weighted by molar-refractivity contribution is 4.99. The maximum atomic E-state index is 2.31. The standard InChI is InChI=1S/C12H24N.BrH/c1-5-9-10-11-12-13(6-2,7-3)8-4;/h9-12H,5-8H2,1-4H3;1H/q+1;/p-1. The Hall–Kier alpha value is -0.0800. The topological polar surface area (TPSA) is 0 Å². The predicted molar refractivity (Wildman–Crippen MR) is 60.5 cm³/mol. The molecule has 0 aliphatic rings. The van der Waals surface area contributed by atoms with Gasteiger partial charge in [0.2, 0.25) is 0 Å². The molecule has 0 spiro atoms. The van der Waals surface area contributed by atoms with Crippen molar-refractivity contribution in [3.63, 3.8) is 0 Å². The van der Waals surface area contributed by atoms with Gasteiger partial charge in [-0.3, -0.25) is 4.48 Å². The van der Waals surface area contributed by atoms with Crippen LogP contribution in [-0.2, 0) is 0 Å². The molecule has 0 aromatic rings. The average Bonchev–Trinajstić information content (AvgIpc) is 2.20. The summed E-state index contributed by atoms with van der Waals surface area (Å²) in [6.07, 6.45) is 9.95. The van der Waals surface area contributed by atoms with Crippen molar-refractivity contribution < 1.29 is 21.5 Å². The molecule has 0 saturated carbocycles. The van der Waals surface area contributed by atoms with Crippen molar-refractivity contribution in [2.24, 2.45) is 0 Å². The van der Waals surface area contributed by atoms with E-state index in [4.69, 9.17) is 0 Å². The van der Waals surface area contributed by atoms with E-state index in [-0.39, 0.29) is 17.0 Å². The van der Waals surface area contributed by atoms with E-state index in [0.29, 0.717) is 0 Å². The second-order valence-electron chi connectivity index (χ2n) is 3.35. The molecule has 0 amide bonds. The molecule has 2 heteroatoms. The highest BCUT2D eigenvalue weighted by Crippen LogP contribution is 2.06. The van der Waals surface area contributed by atoms with Crippen LogP contribution in [0, 0.1) is 0 Å². The molecule has 0 aliphatic carbocycles. The van der Waals surface area contributed by atoms with Crippen molar-refractivity contribution >= 4 is 0 Å². The minimum Gasteiger partial charge on any atom is -1.00 e. The summed E-state index contributed by atoms with van der Waals surface area (Å²) in [7, 11) is 0. The van der Waals surface area contributed by atoms with Crippen LogP contribution in [0.3, 0.4) is 0 Å². The summed E-state index contributed by atoms with van der Waals surface area (Å²) >= 11 is 0. The molecule has 0 fully saturated rings. The average molecular weight is 262 g/mol. The molecule has 0 aliphatic heterocycles. The number of halogens is 1. The summed E-state index contributed by atoms with van der Waals surface area (Å²) in [5, 5.41) is 0. The van der Waals surface area contributed by atoms with Crippen LogP contribution in [-0.4, -0.2) is 24.1 Å². The lowest BCUT2D eigenvalue weighted by Crippen LogP contribution is -3.00. The molecule has 0 saturated heterocycles. The third-order valence-corrected chi connectivity index (χ3v) is 2.77. The van der Waals surface area contributed by atoms with Crippen LogP contribution in [0.25, 0.3) is 0 Å². The quantitative estimate of drug-likeness (QED) is 0.478. The SMILES string of the molecule is CCC=CC=C[N+](CC)(CC)CC.[Br-]. The van der Waals surface area contributed by atoms with Crippen LogP contribution < -0.4 is 17.0 Å². The Kier molecular flexibility index (Phi) is 11.1. The minimum absolute atomic E-state index is 0. The van der Waals surface area contributed by atoms with E-state index in [1.807, 2.05) is 0 Å². The van der Waals surface area contributed by atoms with Gasteiger partial charge in [0.25, 0.3) is 0 Å². The predicted octanol–water partition coefficient (Wildman–Crippen LogP) is 0.347. The maximum Gasteiger partial charge on any atom is 0.0958 e. The number of quaternary nitrogens is 1. The van der Waals surface area contributed by atoms with Gasteiger partial charge in [0.1, 0.15) is 0 Å². The lowest BCUT2D eigenvalue weighted by molar-refractivity contribution is -0.874. The fourth-order valence-corrected chi connectivity index (χ4v) is 1.43. The normalized spacial score (nSPS) is 12.3. The van der Waals surface area contributed by atoms with E-state index in [1.54, 1.807) is 0 Å². The van der Waals surface area contributed by atoms with Crippen molar-refractivity contribution in [1.82, 2.24) is 0 Å². The summed E-state index contributed by atoms with van der Waals surface area (Å²) in [6.45, 7) is 12.5. The third kappa shape index (κ3) is 5.61. The maximum absolute atomic E-state index is 2.31. The molecule has 0 N–H and O–H groups in total. The first-order valence-electron chi connectivity index (χ1n) is 5.44. The Morgan fingerprint density at radius 3 is 1.71 bits per heavy atom. The molecule has 0 rings (SSSR count). The Bertz CT molecular complexity index is 161. The first-order chi connectivity index (χ1) is 6.24. The van der Waals surface area contributed by atoms with E-state index in [2.05, 4.69) is 52.1 Å². The number of rotatable bonds is 6. The lowest BCUT2D eigenvalue weighted by Gasteiger charge is -2.31. The molecule has 0 heterocycles. The smallest absolute Gasteiger partial charge is 0.0958 e. The minimum atomic E-state index is 0. The van der Waals surface area contributed by atoms with Gasteiger partial charge in [0.15, 0.2) is 0 Å². The van der Waals surface area contributed by atoms with Crippen LogP contribution >= 0.6 is 0 Å². The van der Waals surface area contributed by atoms with Crippen LogP contribution in [0.15, 0.2) is 24.4 Å². The van der Waals surface area contributed by atoms with Gasteiger partial charge in [0, 0.05) is 0 Å². The monoisotopic (exact) mass is 261 g/mol. The Morgan fingerprint density at radius 2 is 1.36 bits per heavy atom. The Labute approximate surface area is 99.9 Å². The molecule has 0 bridgehead atoms. The molecule has 84 valence electrons. The number of hydrogen-bond donors (Lipinski definition) is 0. The zero-order valence-corrected chi connectivity index (χ0v) is 11.5. The molecule has 0 unspecified atom stereocenters. The second kappa shape index (κ2) is 9.47. The number of hydrogen-bond acceptors (Lipinski definition) is 0. The van der Waals surface area contributed by atoms with Crippen LogP contribution in [0.2, 0.25) is 0 Å². The van der Waals surface area contributed by atoms with Gasteiger partial charge in [-0.15, -0.1) is 0 Å². The Morgan fingerprint density at radius 1 is 0.857 bits per heavy atom.